The number of rotatable bonds is 3. The average Bonchev–Trinajstić information content (AvgIpc) is 3.65. The molecule has 0 bridgehead atoms. The van der Waals surface area contributed by atoms with E-state index in [0.29, 0.717) is 18.9 Å². The minimum Gasteiger partial charge on any atom is -0.382 e. The van der Waals surface area contributed by atoms with E-state index in [1.165, 1.54) is 5.56 Å². The molecule has 0 radical (unpaired) electrons. The number of aromatic amines is 1. The number of hydrogen-bond acceptors (Lipinski definition) is 5. The highest BCUT2D eigenvalue weighted by molar-refractivity contribution is 6.06. The number of piperidine rings is 1. The molecular weight excluding hydrogens is 450 g/mol. The first kappa shape index (κ1) is 21.0. The van der Waals surface area contributed by atoms with Crippen LogP contribution in [0.4, 0.5) is 11.5 Å². The van der Waals surface area contributed by atoms with Crippen molar-refractivity contribution in [3.05, 3.63) is 89.8 Å². The molecule has 7 rings (SSSR count). The van der Waals surface area contributed by atoms with Gasteiger partial charge in [-0.05, 0) is 42.7 Å². The first-order chi connectivity index (χ1) is 17.7. The lowest BCUT2D eigenvalue weighted by molar-refractivity contribution is 0.0713. The highest BCUT2D eigenvalue weighted by atomic mass is 16.2. The molecule has 5 aromatic rings. The summed E-state index contributed by atoms with van der Waals surface area (Å²) in [7, 11) is 0. The standard InChI is InChI=1S/C28H27N7O/c29-26-25-24(23-16-18-4-1-2-6-21(18)32-23)33-27(35(25)15-12-31-26)17-9-13-34(14-10-17)28(36)20-5-3-7-22-19(20)8-11-30-22/h1-8,11-12,15,17,23,30,32H,9-10,13-14,16H2,(H2,29,31). The predicted octanol–water partition coefficient (Wildman–Crippen LogP) is 4.52. The number of benzene rings is 2. The van der Waals surface area contributed by atoms with Gasteiger partial charge in [0.25, 0.3) is 5.91 Å². The Balaban J connectivity index is 1.16. The van der Waals surface area contributed by atoms with Gasteiger partial charge in [-0.25, -0.2) is 9.97 Å². The van der Waals surface area contributed by atoms with Gasteiger partial charge in [0.1, 0.15) is 17.2 Å². The SMILES string of the molecule is Nc1nccn2c(C3CCN(C(=O)c4cccc5[nH]ccc45)CC3)nc(C3Cc4ccccc4N3)c12. The molecule has 1 unspecified atom stereocenters. The molecule has 1 atom stereocenters. The Hall–Kier alpha value is -4.33. The van der Waals surface area contributed by atoms with Crippen LogP contribution in [0.3, 0.4) is 0 Å². The van der Waals surface area contributed by atoms with Crippen molar-refractivity contribution in [2.24, 2.45) is 0 Å². The van der Waals surface area contributed by atoms with E-state index in [9.17, 15) is 4.79 Å². The number of likely N-dealkylation sites (tertiary alicyclic amines) is 1. The molecular formula is C28H27N7O. The lowest BCUT2D eigenvalue weighted by Crippen LogP contribution is -2.38. The largest absolute Gasteiger partial charge is 0.382 e. The third kappa shape index (κ3) is 3.25. The lowest BCUT2D eigenvalue weighted by Gasteiger charge is -2.31. The van der Waals surface area contributed by atoms with E-state index in [0.717, 1.165) is 58.5 Å². The number of imidazole rings is 1. The van der Waals surface area contributed by atoms with E-state index in [1.54, 1.807) is 6.20 Å². The Morgan fingerprint density at radius 3 is 2.78 bits per heavy atom. The van der Waals surface area contributed by atoms with Gasteiger partial charge in [-0.1, -0.05) is 24.3 Å². The molecule has 180 valence electrons. The lowest BCUT2D eigenvalue weighted by atomic mass is 9.95. The molecule has 1 amide bonds. The van der Waals surface area contributed by atoms with E-state index >= 15 is 0 Å². The Kier molecular flexibility index (Phi) is 4.73. The normalized spacial score (nSPS) is 18.0. The van der Waals surface area contributed by atoms with Gasteiger partial charge in [0.15, 0.2) is 0 Å². The van der Waals surface area contributed by atoms with Crippen molar-refractivity contribution >= 4 is 33.8 Å². The summed E-state index contributed by atoms with van der Waals surface area (Å²) in [5, 5.41) is 4.60. The number of nitrogens with two attached hydrogens (primary N) is 1. The van der Waals surface area contributed by atoms with Crippen LogP contribution in [0, 0.1) is 0 Å². The monoisotopic (exact) mass is 477 g/mol. The number of carbonyl (C=O) groups excluding carboxylic acids is 1. The van der Waals surface area contributed by atoms with Gasteiger partial charge in [-0.2, -0.15) is 0 Å². The number of nitrogens with one attached hydrogen (secondary N) is 2. The van der Waals surface area contributed by atoms with Crippen LogP contribution in [0.15, 0.2) is 67.1 Å². The van der Waals surface area contributed by atoms with E-state index in [4.69, 9.17) is 10.7 Å². The van der Waals surface area contributed by atoms with E-state index in [-0.39, 0.29) is 17.9 Å². The molecule has 0 saturated carbocycles. The molecule has 8 heteroatoms. The van der Waals surface area contributed by atoms with E-state index in [1.807, 2.05) is 47.6 Å². The van der Waals surface area contributed by atoms with E-state index < -0.39 is 0 Å². The first-order valence-electron chi connectivity index (χ1n) is 12.5. The fraction of sp³-hybridized carbons (Fsp3) is 0.250. The molecule has 2 aliphatic heterocycles. The Labute approximate surface area is 208 Å². The molecule has 1 fully saturated rings. The summed E-state index contributed by atoms with van der Waals surface area (Å²) in [6.45, 7) is 1.39. The third-order valence-corrected chi connectivity index (χ3v) is 7.71. The number of nitrogen functional groups attached to an aromatic ring is 1. The molecule has 1 saturated heterocycles. The van der Waals surface area contributed by atoms with Crippen LogP contribution in [0.25, 0.3) is 16.4 Å². The Morgan fingerprint density at radius 2 is 1.92 bits per heavy atom. The van der Waals surface area contributed by atoms with Crippen molar-refractivity contribution in [3.8, 4) is 0 Å². The second-order valence-corrected chi connectivity index (χ2v) is 9.76. The number of nitrogens with zero attached hydrogens (tertiary/aromatic N) is 4. The fourth-order valence-corrected chi connectivity index (χ4v) is 5.89. The highest BCUT2D eigenvalue weighted by Gasteiger charge is 2.32. The quantitative estimate of drug-likeness (QED) is 0.354. The molecule has 4 N–H and O–H groups in total. The fourth-order valence-electron chi connectivity index (χ4n) is 5.89. The number of amides is 1. The van der Waals surface area contributed by atoms with Crippen molar-refractivity contribution in [2.45, 2.75) is 31.2 Å². The summed E-state index contributed by atoms with van der Waals surface area (Å²) in [4.78, 5) is 28.1. The zero-order valence-electron chi connectivity index (χ0n) is 19.8. The molecule has 36 heavy (non-hydrogen) atoms. The predicted molar refractivity (Wildman–Crippen MR) is 140 cm³/mol. The number of hydrogen-bond donors (Lipinski definition) is 3. The topological polar surface area (TPSA) is 104 Å². The second-order valence-electron chi connectivity index (χ2n) is 9.76. The van der Waals surface area contributed by atoms with Gasteiger partial charge in [-0.15, -0.1) is 0 Å². The molecule has 0 aliphatic carbocycles. The Morgan fingerprint density at radius 1 is 1.06 bits per heavy atom. The number of anilines is 2. The van der Waals surface area contributed by atoms with Crippen molar-refractivity contribution < 1.29 is 4.79 Å². The van der Waals surface area contributed by atoms with Gasteiger partial charge in [0, 0.05) is 66.2 Å². The molecule has 2 aliphatic rings. The maximum atomic E-state index is 13.4. The van der Waals surface area contributed by atoms with Gasteiger partial charge in [-0.3, -0.25) is 9.20 Å². The van der Waals surface area contributed by atoms with Crippen LogP contribution in [0.2, 0.25) is 0 Å². The van der Waals surface area contributed by atoms with Crippen LogP contribution >= 0.6 is 0 Å². The van der Waals surface area contributed by atoms with Crippen LogP contribution in [0.1, 0.15) is 52.2 Å². The molecule has 8 nitrogen and oxygen atoms in total. The summed E-state index contributed by atoms with van der Waals surface area (Å²) in [6.07, 6.45) is 8.16. The third-order valence-electron chi connectivity index (χ3n) is 7.71. The summed E-state index contributed by atoms with van der Waals surface area (Å²) < 4.78 is 2.12. The summed E-state index contributed by atoms with van der Waals surface area (Å²) >= 11 is 0. The molecule has 5 heterocycles. The van der Waals surface area contributed by atoms with Crippen molar-refractivity contribution in [2.75, 3.05) is 24.1 Å². The zero-order valence-corrected chi connectivity index (χ0v) is 19.8. The summed E-state index contributed by atoms with van der Waals surface area (Å²) in [5.41, 5.74) is 12.4. The number of H-pyrrole nitrogens is 1. The van der Waals surface area contributed by atoms with Gasteiger partial charge in [0.05, 0.1) is 11.7 Å². The minimum absolute atomic E-state index is 0.0566. The average molecular weight is 478 g/mol. The van der Waals surface area contributed by atoms with Crippen molar-refractivity contribution in [1.82, 2.24) is 24.3 Å². The van der Waals surface area contributed by atoms with Crippen molar-refractivity contribution in [1.29, 1.82) is 0 Å². The molecule has 0 spiro atoms. The molecule has 2 aromatic carbocycles. The van der Waals surface area contributed by atoms with Crippen LogP contribution in [-0.2, 0) is 6.42 Å². The second kappa shape index (κ2) is 8.12. The maximum Gasteiger partial charge on any atom is 0.254 e. The number of para-hydroxylation sites is 1. The highest BCUT2D eigenvalue weighted by Crippen LogP contribution is 2.38. The maximum absolute atomic E-state index is 13.4. The van der Waals surface area contributed by atoms with E-state index in [2.05, 4.69) is 37.9 Å². The van der Waals surface area contributed by atoms with Crippen LogP contribution in [0.5, 0.6) is 0 Å². The van der Waals surface area contributed by atoms with Crippen LogP contribution in [-0.4, -0.2) is 43.2 Å². The van der Waals surface area contributed by atoms with Crippen molar-refractivity contribution in [3.63, 3.8) is 0 Å². The van der Waals surface area contributed by atoms with Gasteiger partial charge >= 0.3 is 0 Å². The summed E-state index contributed by atoms with van der Waals surface area (Å²) in [5.74, 6) is 1.83. The number of aromatic nitrogens is 4. The minimum atomic E-state index is 0.0566. The Bertz CT molecular complexity index is 1580. The smallest absolute Gasteiger partial charge is 0.254 e. The van der Waals surface area contributed by atoms with Gasteiger partial charge < -0.3 is 20.9 Å². The first-order valence-corrected chi connectivity index (χ1v) is 12.5. The zero-order chi connectivity index (χ0) is 24.2. The summed E-state index contributed by atoms with van der Waals surface area (Å²) in [6, 6.07) is 16.3. The van der Waals surface area contributed by atoms with Crippen LogP contribution < -0.4 is 11.1 Å². The van der Waals surface area contributed by atoms with Gasteiger partial charge in [0.2, 0.25) is 0 Å². The molecule has 3 aromatic heterocycles. The number of fused-ring (bicyclic) bond motifs is 3. The number of carbonyl (C=O) groups is 1.